The summed E-state index contributed by atoms with van der Waals surface area (Å²) in [5, 5.41) is 6.80. The SMILES string of the molecule is CN=C(NCCCOCC1CCOC1)NCC1(c2ccc(F)cc2)CCC1.I. The molecule has 0 amide bonds. The molecule has 1 unspecified atom stereocenters. The van der Waals surface area contributed by atoms with Crippen LogP contribution in [0.15, 0.2) is 29.3 Å². The van der Waals surface area contributed by atoms with Crippen molar-refractivity contribution in [3.63, 3.8) is 0 Å². The molecule has 7 heteroatoms. The first-order valence-corrected chi connectivity index (χ1v) is 10.1. The number of guanidine groups is 1. The molecule has 1 saturated heterocycles. The van der Waals surface area contributed by atoms with Crippen LogP contribution in [0, 0.1) is 11.7 Å². The summed E-state index contributed by atoms with van der Waals surface area (Å²) in [4.78, 5) is 4.32. The number of benzene rings is 1. The first kappa shape index (κ1) is 23.3. The van der Waals surface area contributed by atoms with Crippen LogP contribution in [0.3, 0.4) is 0 Å². The van der Waals surface area contributed by atoms with E-state index in [1.165, 1.54) is 12.0 Å². The predicted molar refractivity (Wildman–Crippen MR) is 121 cm³/mol. The largest absolute Gasteiger partial charge is 0.381 e. The minimum absolute atomic E-state index is 0. The maximum atomic E-state index is 13.2. The summed E-state index contributed by atoms with van der Waals surface area (Å²) in [6, 6.07) is 6.94. The summed E-state index contributed by atoms with van der Waals surface area (Å²) in [6.07, 6.45) is 5.53. The van der Waals surface area contributed by atoms with Crippen LogP contribution in [0.5, 0.6) is 0 Å². The van der Waals surface area contributed by atoms with Gasteiger partial charge >= 0.3 is 0 Å². The molecule has 28 heavy (non-hydrogen) atoms. The molecule has 0 bridgehead atoms. The third kappa shape index (κ3) is 6.56. The molecule has 0 radical (unpaired) electrons. The number of rotatable bonds is 9. The van der Waals surface area contributed by atoms with Crippen LogP contribution < -0.4 is 10.6 Å². The highest BCUT2D eigenvalue weighted by molar-refractivity contribution is 14.0. The summed E-state index contributed by atoms with van der Waals surface area (Å²) in [7, 11) is 1.79. The van der Waals surface area contributed by atoms with E-state index in [9.17, 15) is 4.39 Å². The molecular formula is C21H33FIN3O2. The van der Waals surface area contributed by atoms with E-state index in [0.717, 1.165) is 71.2 Å². The van der Waals surface area contributed by atoms with Crippen molar-refractivity contribution in [3.05, 3.63) is 35.6 Å². The Kier molecular flexibility index (Phi) is 9.94. The Hall–Kier alpha value is -0.930. The van der Waals surface area contributed by atoms with Gasteiger partial charge in [-0.1, -0.05) is 18.6 Å². The first-order chi connectivity index (χ1) is 13.2. The molecule has 2 N–H and O–H groups in total. The van der Waals surface area contributed by atoms with Gasteiger partial charge in [-0.3, -0.25) is 4.99 Å². The van der Waals surface area contributed by atoms with Gasteiger partial charge in [-0.05, 0) is 43.4 Å². The van der Waals surface area contributed by atoms with E-state index < -0.39 is 0 Å². The molecule has 1 aliphatic heterocycles. The molecule has 1 heterocycles. The van der Waals surface area contributed by atoms with Crippen LogP contribution in [-0.4, -0.2) is 52.5 Å². The molecule has 1 saturated carbocycles. The summed E-state index contributed by atoms with van der Waals surface area (Å²) in [5.74, 6) is 1.20. The van der Waals surface area contributed by atoms with Crippen LogP contribution in [0.4, 0.5) is 4.39 Å². The number of aliphatic imine (C=N–C) groups is 1. The molecule has 0 aromatic heterocycles. The van der Waals surface area contributed by atoms with Gasteiger partial charge in [-0.2, -0.15) is 0 Å². The zero-order valence-electron chi connectivity index (χ0n) is 16.7. The lowest BCUT2D eigenvalue weighted by Crippen LogP contribution is -2.49. The van der Waals surface area contributed by atoms with Gasteiger partial charge in [0.15, 0.2) is 5.96 Å². The van der Waals surface area contributed by atoms with Crippen LogP contribution in [0.2, 0.25) is 0 Å². The quantitative estimate of drug-likeness (QED) is 0.234. The van der Waals surface area contributed by atoms with Crippen molar-refractivity contribution in [1.29, 1.82) is 0 Å². The van der Waals surface area contributed by atoms with E-state index in [4.69, 9.17) is 9.47 Å². The number of hydrogen-bond donors (Lipinski definition) is 2. The van der Waals surface area contributed by atoms with Crippen molar-refractivity contribution < 1.29 is 13.9 Å². The molecule has 158 valence electrons. The highest BCUT2D eigenvalue weighted by Gasteiger charge is 2.38. The van der Waals surface area contributed by atoms with Gasteiger partial charge in [0.05, 0.1) is 13.2 Å². The fourth-order valence-corrected chi connectivity index (χ4v) is 3.79. The average Bonchev–Trinajstić information content (AvgIpc) is 3.16. The second-order valence-corrected chi connectivity index (χ2v) is 7.65. The lowest BCUT2D eigenvalue weighted by Gasteiger charge is -2.43. The van der Waals surface area contributed by atoms with Gasteiger partial charge in [-0.25, -0.2) is 4.39 Å². The molecule has 5 nitrogen and oxygen atoms in total. The molecule has 0 spiro atoms. The van der Waals surface area contributed by atoms with Crippen molar-refractivity contribution in [2.24, 2.45) is 10.9 Å². The van der Waals surface area contributed by atoms with E-state index in [-0.39, 0.29) is 35.2 Å². The zero-order chi connectivity index (χ0) is 19.0. The smallest absolute Gasteiger partial charge is 0.191 e. The minimum Gasteiger partial charge on any atom is -0.381 e. The van der Waals surface area contributed by atoms with Gasteiger partial charge in [0, 0.05) is 44.7 Å². The maximum absolute atomic E-state index is 13.2. The van der Waals surface area contributed by atoms with Crippen molar-refractivity contribution in [1.82, 2.24) is 10.6 Å². The fraction of sp³-hybridized carbons (Fsp3) is 0.667. The van der Waals surface area contributed by atoms with Gasteiger partial charge in [0.25, 0.3) is 0 Å². The summed E-state index contributed by atoms with van der Waals surface area (Å²) in [6.45, 7) is 4.90. The van der Waals surface area contributed by atoms with E-state index in [1.807, 2.05) is 12.1 Å². The van der Waals surface area contributed by atoms with E-state index in [0.29, 0.717) is 5.92 Å². The molecule has 3 rings (SSSR count). The fourth-order valence-electron chi connectivity index (χ4n) is 3.79. The lowest BCUT2D eigenvalue weighted by molar-refractivity contribution is 0.0888. The van der Waals surface area contributed by atoms with Crippen molar-refractivity contribution >= 4 is 29.9 Å². The van der Waals surface area contributed by atoms with E-state index >= 15 is 0 Å². The lowest BCUT2D eigenvalue weighted by atomic mass is 9.64. The topological polar surface area (TPSA) is 54.9 Å². The predicted octanol–water partition coefficient (Wildman–Crippen LogP) is 3.47. The second-order valence-electron chi connectivity index (χ2n) is 7.65. The molecule has 1 aliphatic carbocycles. The highest BCUT2D eigenvalue weighted by atomic mass is 127. The second kappa shape index (κ2) is 11.9. The van der Waals surface area contributed by atoms with Gasteiger partial charge in [-0.15, -0.1) is 24.0 Å². The monoisotopic (exact) mass is 505 g/mol. The zero-order valence-corrected chi connectivity index (χ0v) is 19.0. The Morgan fingerprint density at radius 1 is 1.29 bits per heavy atom. The third-order valence-electron chi connectivity index (χ3n) is 5.72. The first-order valence-electron chi connectivity index (χ1n) is 10.1. The summed E-state index contributed by atoms with van der Waals surface area (Å²) in [5.41, 5.74) is 1.31. The number of nitrogens with one attached hydrogen (secondary N) is 2. The molecular weight excluding hydrogens is 472 g/mol. The number of nitrogens with zero attached hydrogens (tertiary/aromatic N) is 1. The van der Waals surface area contributed by atoms with Gasteiger partial charge in [0.2, 0.25) is 0 Å². The molecule has 1 aromatic carbocycles. The van der Waals surface area contributed by atoms with E-state index in [2.05, 4.69) is 15.6 Å². The number of hydrogen-bond acceptors (Lipinski definition) is 3. The van der Waals surface area contributed by atoms with Crippen LogP contribution in [0.1, 0.15) is 37.7 Å². The van der Waals surface area contributed by atoms with Crippen LogP contribution in [-0.2, 0) is 14.9 Å². The van der Waals surface area contributed by atoms with Crippen LogP contribution >= 0.6 is 24.0 Å². The number of halogens is 2. The number of ether oxygens (including phenoxy) is 2. The van der Waals surface area contributed by atoms with Gasteiger partial charge in [0.1, 0.15) is 5.82 Å². The standard InChI is InChI=1S/C21H32FN3O2.HI/c1-23-20(24-11-3-12-26-14-17-8-13-27-15-17)25-16-21(9-2-10-21)18-4-6-19(22)7-5-18;/h4-7,17H,2-3,8-16H2,1H3,(H2,23,24,25);1H. The highest BCUT2D eigenvalue weighted by Crippen LogP contribution is 2.43. The molecule has 1 atom stereocenters. The molecule has 2 aliphatic rings. The van der Waals surface area contributed by atoms with Crippen LogP contribution in [0.25, 0.3) is 0 Å². The van der Waals surface area contributed by atoms with Crippen molar-refractivity contribution in [2.75, 3.05) is 46.6 Å². The maximum Gasteiger partial charge on any atom is 0.191 e. The Bertz CT molecular complexity index is 602. The van der Waals surface area contributed by atoms with Crippen molar-refractivity contribution in [2.45, 2.75) is 37.5 Å². The summed E-state index contributed by atoms with van der Waals surface area (Å²) < 4.78 is 24.3. The van der Waals surface area contributed by atoms with Crippen molar-refractivity contribution in [3.8, 4) is 0 Å². The minimum atomic E-state index is -0.179. The van der Waals surface area contributed by atoms with Gasteiger partial charge < -0.3 is 20.1 Å². The van der Waals surface area contributed by atoms with E-state index in [1.54, 1.807) is 19.2 Å². The molecule has 1 aromatic rings. The third-order valence-corrected chi connectivity index (χ3v) is 5.72. The average molecular weight is 505 g/mol. The normalized spacial score (nSPS) is 20.9. The molecule has 2 fully saturated rings. The Balaban J connectivity index is 0.00000280. The summed E-state index contributed by atoms with van der Waals surface area (Å²) >= 11 is 0. The Labute approximate surface area is 184 Å². The Morgan fingerprint density at radius 2 is 2.07 bits per heavy atom. The Morgan fingerprint density at radius 3 is 2.68 bits per heavy atom.